The summed E-state index contributed by atoms with van der Waals surface area (Å²) in [6, 6.07) is 5.26. The molecule has 1 saturated heterocycles. The molecule has 2 rings (SSSR count). The highest BCUT2D eigenvalue weighted by Gasteiger charge is 2.32. The molecule has 20 heavy (non-hydrogen) atoms. The van der Waals surface area contributed by atoms with Gasteiger partial charge in [0.05, 0.1) is 11.5 Å². The van der Waals surface area contributed by atoms with Gasteiger partial charge < -0.3 is 15.4 Å². The maximum Gasteiger partial charge on any atom is 0.333 e. The van der Waals surface area contributed by atoms with Crippen LogP contribution in [-0.2, 0) is 0 Å². The quantitative estimate of drug-likeness (QED) is 0.660. The molecule has 6 nitrogen and oxygen atoms in total. The predicted octanol–water partition coefficient (Wildman–Crippen LogP) is 2.17. The largest absolute Gasteiger partial charge is 0.487 e. The first-order valence-electron chi connectivity index (χ1n) is 6.95. The summed E-state index contributed by atoms with van der Waals surface area (Å²) < 4.78 is 5.50. The Morgan fingerprint density at radius 1 is 1.50 bits per heavy atom. The zero-order valence-electron chi connectivity index (χ0n) is 11.9. The highest BCUT2D eigenvalue weighted by Crippen LogP contribution is 2.39. The summed E-state index contributed by atoms with van der Waals surface area (Å²) in [5.41, 5.74) is 6.65. The molecule has 0 spiro atoms. The summed E-state index contributed by atoms with van der Waals surface area (Å²) >= 11 is 0. The lowest BCUT2D eigenvalue weighted by Gasteiger charge is -2.19. The van der Waals surface area contributed by atoms with Crippen molar-refractivity contribution in [2.45, 2.75) is 26.3 Å². The average Bonchev–Trinajstić information content (AvgIpc) is 2.75. The Kier molecular flexibility index (Phi) is 4.44. The van der Waals surface area contributed by atoms with Gasteiger partial charge in [0, 0.05) is 19.1 Å². The number of nitro benzene ring substituents is 1. The molecule has 1 fully saturated rings. The van der Waals surface area contributed by atoms with E-state index in [0.29, 0.717) is 30.5 Å². The molecule has 110 valence electrons. The normalized spacial score (nSPS) is 22.1. The number of hydrogen-bond donors (Lipinski definition) is 1. The van der Waals surface area contributed by atoms with Crippen LogP contribution in [0.2, 0.25) is 0 Å². The third-order valence-electron chi connectivity index (χ3n) is 3.63. The van der Waals surface area contributed by atoms with Crippen molar-refractivity contribution in [2.24, 2.45) is 11.7 Å². The Morgan fingerprint density at radius 2 is 2.25 bits per heavy atom. The van der Waals surface area contributed by atoms with Crippen LogP contribution in [0.25, 0.3) is 0 Å². The van der Waals surface area contributed by atoms with E-state index < -0.39 is 0 Å². The lowest BCUT2D eigenvalue weighted by molar-refractivity contribution is -0.385. The van der Waals surface area contributed by atoms with Gasteiger partial charge in [-0.05, 0) is 24.5 Å². The number of nitrogens with two attached hydrogens (primary N) is 1. The smallest absolute Gasteiger partial charge is 0.333 e. The Balaban J connectivity index is 2.35. The van der Waals surface area contributed by atoms with Crippen molar-refractivity contribution < 1.29 is 9.66 Å². The number of anilines is 1. The lowest BCUT2D eigenvalue weighted by Crippen LogP contribution is -2.28. The number of nitro groups is 1. The van der Waals surface area contributed by atoms with Crippen molar-refractivity contribution in [3.63, 3.8) is 0 Å². The van der Waals surface area contributed by atoms with Gasteiger partial charge >= 0.3 is 5.69 Å². The maximum absolute atomic E-state index is 11.4. The van der Waals surface area contributed by atoms with Crippen LogP contribution in [0.1, 0.15) is 20.3 Å². The van der Waals surface area contributed by atoms with E-state index >= 15 is 0 Å². The fourth-order valence-corrected chi connectivity index (χ4v) is 2.47. The van der Waals surface area contributed by atoms with Gasteiger partial charge in [-0.25, -0.2) is 0 Å². The molecule has 2 N–H and O–H groups in total. The van der Waals surface area contributed by atoms with E-state index in [1.54, 1.807) is 18.2 Å². The van der Waals surface area contributed by atoms with Gasteiger partial charge in [0.1, 0.15) is 5.69 Å². The van der Waals surface area contributed by atoms with Crippen molar-refractivity contribution in [1.82, 2.24) is 0 Å². The SMILES string of the molecule is CCCOc1cccc(N2CC(C)C(N)C2)c1[N+](=O)[O-]. The number of ether oxygens (including phenoxy) is 1. The molecule has 0 bridgehead atoms. The highest BCUT2D eigenvalue weighted by atomic mass is 16.6. The minimum absolute atomic E-state index is 0.0438. The number of nitrogens with zero attached hydrogens (tertiary/aromatic N) is 2. The molecule has 0 saturated carbocycles. The first kappa shape index (κ1) is 14.6. The summed E-state index contributed by atoms with van der Waals surface area (Å²) in [5.74, 6) is 0.664. The minimum atomic E-state index is -0.366. The van der Waals surface area contributed by atoms with Gasteiger partial charge in [-0.3, -0.25) is 10.1 Å². The molecule has 1 aromatic carbocycles. The van der Waals surface area contributed by atoms with Crippen molar-refractivity contribution in [2.75, 3.05) is 24.6 Å². The fourth-order valence-electron chi connectivity index (χ4n) is 2.47. The number of hydrogen-bond acceptors (Lipinski definition) is 5. The van der Waals surface area contributed by atoms with Crippen molar-refractivity contribution in [3.05, 3.63) is 28.3 Å². The Labute approximate surface area is 118 Å². The monoisotopic (exact) mass is 279 g/mol. The minimum Gasteiger partial charge on any atom is -0.487 e. The molecule has 2 atom stereocenters. The topological polar surface area (TPSA) is 81.6 Å². The predicted molar refractivity (Wildman–Crippen MR) is 78.2 cm³/mol. The van der Waals surface area contributed by atoms with Crippen molar-refractivity contribution >= 4 is 11.4 Å². The molecule has 1 aliphatic heterocycles. The van der Waals surface area contributed by atoms with E-state index in [-0.39, 0.29) is 16.7 Å². The first-order chi connectivity index (χ1) is 9.54. The van der Waals surface area contributed by atoms with E-state index in [4.69, 9.17) is 10.5 Å². The van der Waals surface area contributed by atoms with Gasteiger partial charge in [0.15, 0.2) is 5.75 Å². The first-order valence-corrected chi connectivity index (χ1v) is 6.95. The van der Waals surface area contributed by atoms with Gasteiger partial charge in [-0.1, -0.05) is 19.9 Å². The Morgan fingerprint density at radius 3 is 2.80 bits per heavy atom. The summed E-state index contributed by atoms with van der Waals surface area (Å²) in [5, 5.41) is 11.4. The molecular formula is C14H21N3O3. The molecule has 0 aromatic heterocycles. The van der Waals surface area contributed by atoms with E-state index in [1.165, 1.54) is 0 Å². The zero-order chi connectivity index (χ0) is 14.7. The van der Waals surface area contributed by atoms with E-state index in [9.17, 15) is 10.1 Å². The van der Waals surface area contributed by atoms with Crippen LogP contribution in [0.4, 0.5) is 11.4 Å². The van der Waals surface area contributed by atoms with Crippen LogP contribution in [0.5, 0.6) is 5.75 Å². The van der Waals surface area contributed by atoms with E-state index in [0.717, 1.165) is 13.0 Å². The number of para-hydroxylation sites is 1. The number of benzene rings is 1. The second-order valence-electron chi connectivity index (χ2n) is 5.28. The standard InChI is InChI=1S/C14H21N3O3/c1-3-7-20-13-6-4-5-12(14(13)17(18)19)16-8-10(2)11(15)9-16/h4-6,10-11H,3,7-9,15H2,1-2H3. The maximum atomic E-state index is 11.4. The van der Waals surface area contributed by atoms with Crippen LogP contribution in [0.3, 0.4) is 0 Å². The van der Waals surface area contributed by atoms with Crippen LogP contribution in [-0.4, -0.2) is 30.7 Å². The fraction of sp³-hybridized carbons (Fsp3) is 0.571. The Hall–Kier alpha value is -1.82. The molecule has 0 aliphatic carbocycles. The van der Waals surface area contributed by atoms with Gasteiger partial charge in [0.2, 0.25) is 0 Å². The molecule has 6 heteroatoms. The lowest BCUT2D eigenvalue weighted by atomic mass is 10.1. The van der Waals surface area contributed by atoms with Gasteiger partial charge in [-0.2, -0.15) is 0 Å². The van der Waals surface area contributed by atoms with Crippen molar-refractivity contribution in [3.8, 4) is 5.75 Å². The average molecular weight is 279 g/mol. The van der Waals surface area contributed by atoms with Crippen molar-refractivity contribution in [1.29, 1.82) is 0 Å². The summed E-state index contributed by atoms with van der Waals surface area (Å²) in [4.78, 5) is 13.0. The molecule has 0 radical (unpaired) electrons. The third kappa shape index (κ3) is 2.85. The molecule has 2 unspecified atom stereocenters. The number of rotatable bonds is 5. The second-order valence-corrected chi connectivity index (χ2v) is 5.28. The highest BCUT2D eigenvalue weighted by molar-refractivity contribution is 5.70. The van der Waals surface area contributed by atoms with Gasteiger partial charge in [0.25, 0.3) is 0 Å². The summed E-state index contributed by atoms with van der Waals surface area (Å²) in [6.45, 7) is 5.88. The van der Waals surface area contributed by atoms with Crippen LogP contribution < -0.4 is 15.4 Å². The summed E-state index contributed by atoms with van der Waals surface area (Å²) in [7, 11) is 0. The molecule has 1 heterocycles. The molecule has 0 amide bonds. The molecule has 1 aromatic rings. The van der Waals surface area contributed by atoms with Crippen LogP contribution in [0.15, 0.2) is 18.2 Å². The van der Waals surface area contributed by atoms with Gasteiger partial charge in [-0.15, -0.1) is 0 Å². The third-order valence-corrected chi connectivity index (χ3v) is 3.63. The van der Waals surface area contributed by atoms with E-state index in [2.05, 4.69) is 6.92 Å². The zero-order valence-corrected chi connectivity index (χ0v) is 11.9. The van der Waals surface area contributed by atoms with Crippen LogP contribution >= 0.6 is 0 Å². The molecular weight excluding hydrogens is 258 g/mol. The summed E-state index contributed by atoms with van der Waals surface area (Å²) in [6.07, 6.45) is 0.813. The Bertz CT molecular complexity index is 483. The van der Waals surface area contributed by atoms with E-state index in [1.807, 2.05) is 11.8 Å². The second kappa shape index (κ2) is 6.09. The van der Waals surface area contributed by atoms with Crippen LogP contribution in [0, 0.1) is 16.0 Å². The molecule has 1 aliphatic rings.